The zero-order chi connectivity index (χ0) is 47.2. The first kappa shape index (κ1) is 46.1. The summed E-state index contributed by atoms with van der Waals surface area (Å²) < 4.78 is 17.4. The summed E-state index contributed by atoms with van der Waals surface area (Å²) in [5.41, 5.74) is 8.69. The molecule has 0 amide bonds. The van der Waals surface area contributed by atoms with Crippen LogP contribution in [0.5, 0.6) is 0 Å². The maximum Gasteiger partial charge on any atom is 0.187 e. The van der Waals surface area contributed by atoms with Gasteiger partial charge in [0.1, 0.15) is 55.9 Å². The first-order chi connectivity index (χ1) is 32.8. The van der Waals surface area contributed by atoms with E-state index in [9.17, 15) is 4.39 Å². The number of nitrogens with zero attached hydrogens (tertiary/aromatic N) is 15. The van der Waals surface area contributed by atoms with Crippen LogP contribution in [-0.2, 0) is 6.54 Å². The average molecular weight is 876 g/mol. The van der Waals surface area contributed by atoms with E-state index in [2.05, 4.69) is 58.1 Å². The second-order valence-electron chi connectivity index (χ2n) is 14.0. The zero-order valence-electron chi connectivity index (χ0n) is 35.3. The van der Waals surface area contributed by atoms with Crippen molar-refractivity contribution >= 4 is 11.4 Å². The van der Waals surface area contributed by atoms with Gasteiger partial charge in [0.15, 0.2) is 11.4 Å². The maximum absolute atomic E-state index is 12.1. The van der Waals surface area contributed by atoms with Gasteiger partial charge in [-0.2, -0.15) is 36.3 Å². The lowest BCUT2D eigenvalue weighted by atomic mass is 9.98. The molecule has 16 heteroatoms. The molecule has 0 saturated carbocycles. The van der Waals surface area contributed by atoms with E-state index >= 15 is 0 Å². The van der Waals surface area contributed by atoms with E-state index < -0.39 is 0 Å². The van der Waals surface area contributed by atoms with Crippen molar-refractivity contribution in [2.24, 2.45) is 0 Å². The van der Waals surface area contributed by atoms with Crippen molar-refractivity contribution in [1.29, 1.82) is 21.0 Å². The van der Waals surface area contributed by atoms with Gasteiger partial charge >= 0.3 is 0 Å². The van der Waals surface area contributed by atoms with Crippen LogP contribution < -0.4 is 0 Å². The molecule has 0 aliphatic carbocycles. The van der Waals surface area contributed by atoms with Crippen molar-refractivity contribution in [2.75, 3.05) is 0 Å². The summed E-state index contributed by atoms with van der Waals surface area (Å²) in [4.78, 5) is 18.7. The van der Waals surface area contributed by atoms with Gasteiger partial charge in [-0.05, 0) is 88.5 Å². The molecule has 3 heterocycles. The third kappa shape index (κ3) is 13.1. The lowest BCUT2D eigenvalue weighted by Crippen LogP contribution is -2.12. The minimum absolute atomic E-state index is 0.143. The summed E-state index contributed by atoms with van der Waals surface area (Å²) >= 11 is 0. The molecule has 2 atom stereocenters. The molecule has 0 aliphatic heterocycles. The molecule has 320 valence electrons. The first-order valence-electron chi connectivity index (χ1n) is 19.9. The number of benzene rings is 6. The molecule has 3 aromatic heterocycles. The summed E-state index contributed by atoms with van der Waals surface area (Å²) in [6.07, 6.45) is 9.47. The molecule has 0 N–H and O–H groups in total. The predicted molar refractivity (Wildman–Crippen MR) is 244 cm³/mol. The smallest absolute Gasteiger partial charge is 0.187 e. The second kappa shape index (κ2) is 23.7. The van der Waals surface area contributed by atoms with Gasteiger partial charge in [-0.3, -0.25) is 0 Å². The Balaban J connectivity index is 0.000000155. The van der Waals surface area contributed by atoms with Crippen molar-refractivity contribution in [3.05, 3.63) is 262 Å². The predicted octanol–water partition coefficient (Wildman–Crippen LogP) is 9.57. The molecular weight excluding hydrogens is 842 g/mol. The summed E-state index contributed by atoms with van der Waals surface area (Å²) in [6.45, 7) is 14.8. The van der Waals surface area contributed by atoms with Crippen LogP contribution in [0.25, 0.3) is 9.69 Å². The molecule has 9 rings (SSSR count). The summed E-state index contributed by atoms with van der Waals surface area (Å²) in [7, 11) is 0. The van der Waals surface area contributed by atoms with Gasteiger partial charge in [0.05, 0.1) is 66.2 Å². The van der Waals surface area contributed by atoms with Crippen molar-refractivity contribution < 1.29 is 4.39 Å². The van der Waals surface area contributed by atoms with Crippen molar-refractivity contribution in [3.63, 3.8) is 0 Å². The molecule has 9 aromatic rings. The summed E-state index contributed by atoms with van der Waals surface area (Å²) in [5, 5.41) is 47.2. The van der Waals surface area contributed by atoms with Crippen molar-refractivity contribution in [1.82, 2.24) is 44.3 Å². The quantitative estimate of drug-likeness (QED) is 0.133. The SMILES string of the molecule is N#Cc1ccc(Cn2cncn2)cc1.N#Cc1ccc(F)cc1.[C-]#[N+]c1ccc(C(c2ccc(C#N)cc2)n2cncn2)cc1.[C-]#[N+]c1ccc(C(c2ccc(C#N)cc2)n2cncn2)cc1. The fourth-order valence-corrected chi connectivity index (χ4v) is 6.35. The van der Waals surface area contributed by atoms with Crippen LogP contribution in [0, 0.1) is 64.3 Å². The molecule has 2 unspecified atom stereocenters. The topological polar surface area (TPSA) is 196 Å². The van der Waals surface area contributed by atoms with Gasteiger partial charge in [0.2, 0.25) is 0 Å². The minimum atomic E-state index is -0.311. The second-order valence-corrected chi connectivity index (χ2v) is 14.0. The van der Waals surface area contributed by atoms with Gasteiger partial charge < -0.3 is 0 Å². The number of hydrogen-bond acceptors (Lipinski definition) is 10. The van der Waals surface area contributed by atoms with E-state index in [0.29, 0.717) is 40.2 Å². The van der Waals surface area contributed by atoms with Crippen LogP contribution in [0.3, 0.4) is 0 Å². The molecule has 67 heavy (non-hydrogen) atoms. The minimum Gasteiger partial charge on any atom is -0.249 e. The third-order valence-corrected chi connectivity index (χ3v) is 9.66. The Labute approximate surface area is 385 Å². The van der Waals surface area contributed by atoms with Crippen molar-refractivity contribution in [2.45, 2.75) is 18.6 Å². The van der Waals surface area contributed by atoms with Crippen LogP contribution >= 0.6 is 0 Å². The molecule has 0 radical (unpaired) electrons. The van der Waals surface area contributed by atoms with Crippen LogP contribution in [0.4, 0.5) is 15.8 Å². The van der Waals surface area contributed by atoms with Crippen LogP contribution in [0.1, 0.15) is 62.2 Å². The Morgan fingerprint density at radius 1 is 0.448 bits per heavy atom. The Kier molecular flexibility index (Phi) is 16.3. The highest BCUT2D eigenvalue weighted by Gasteiger charge is 2.18. The van der Waals surface area contributed by atoms with Gasteiger partial charge in [-0.1, -0.05) is 84.9 Å². The standard InChI is InChI=1S/2C17H11N5.C10H8N4.C7H4FN/c2*1-19-16-8-6-15(7-9-16)17(22-12-20-11-21-22)14-4-2-13(10-18)3-5-14;11-5-9-1-3-10(4-2-9)6-14-8-12-7-13-14;8-7-3-1-6(5-9)2-4-7/h2*2-9,11-12,17H;1-4,7-8H,6H2;1-4H. The number of rotatable bonds is 8. The number of hydrogen-bond donors (Lipinski definition) is 0. The molecule has 0 bridgehead atoms. The maximum atomic E-state index is 12.1. The van der Waals surface area contributed by atoms with E-state index in [1.165, 1.54) is 43.2 Å². The molecular formula is C51H34FN15. The Hall–Kier alpha value is -10.4. The van der Waals surface area contributed by atoms with Crippen LogP contribution in [-0.4, -0.2) is 44.3 Å². The van der Waals surface area contributed by atoms with Gasteiger partial charge in [0, 0.05) is 0 Å². The molecule has 6 aromatic carbocycles. The van der Waals surface area contributed by atoms with E-state index in [0.717, 1.165) is 27.8 Å². The number of nitriles is 4. The largest absolute Gasteiger partial charge is 0.249 e. The molecule has 0 fully saturated rings. The zero-order valence-corrected chi connectivity index (χ0v) is 35.3. The van der Waals surface area contributed by atoms with E-state index in [1.54, 1.807) is 93.7 Å². The third-order valence-electron chi connectivity index (χ3n) is 9.66. The van der Waals surface area contributed by atoms with Gasteiger partial charge in [-0.25, -0.2) is 43.1 Å². The lowest BCUT2D eigenvalue weighted by Gasteiger charge is -2.18. The molecule has 0 aliphatic rings. The Morgan fingerprint density at radius 3 is 1.09 bits per heavy atom. The normalized spacial score (nSPS) is 10.6. The number of halogens is 1. The highest BCUT2D eigenvalue weighted by molar-refractivity contribution is 5.49. The molecule has 0 spiro atoms. The summed E-state index contributed by atoms with van der Waals surface area (Å²) in [5.74, 6) is -0.311. The van der Waals surface area contributed by atoms with Crippen molar-refractivity contribution in [3.8, 4) is 24.3 Å². The average Bonchev–Trinajstić information content (AvgIpc) is 4.23. The van der Waals surface area contributed by atoms with Crippen LogP contribution in [0.15, 0.2) is 184 Å². The van der Waals surface area contributed by atoms with Gasteiger partial charge in [-0.15, -0.1) is 0 Å². The highest BCUT2D eigenvalue weighted by atomic mass is 19.1. The number of aromatic nitrogens is 9. The monoisotopic (exact) mass is 875 g/mol. The fraction of sp³-hybridized carbons (Fsp3) is 0.0588. The molecule has 15 nitrogen and oxygen atoms in total. The van der Waals surface area contributed by atoms with E-state index in [4.69, 9.17) is 34.2 Å². The Morgan fingerprint density at radius 2 is 0.776 bits per heavy atom. The summed E-state index contributed by atoms with van der Waals surface area (Å²) in [6, 6.07) is 50.3. The van der Waals surface area contributed by atoms with E-state index in [1.807, 2.05) is 66.7 Å². The molecule has 0 saturated heterocycles. The van der Waals surface area contributed by atoms with Gasteiger partial charge in [0.25, 0.3) is 0 Å². The fourth-order valence-electron chi connectivity index (χ4n) is 6.35. The Bertz CT molecular complexity index is 2920. The highest BCUT2D eigenvalue weighted by Crippen LogP contribution is 2.29. The first-order valence-corrected chi connectivity index (χ1v) is 19.9. The lowest BCUT2D eigenvalue weighted by molar-refractivity contribution is 0.594. The van der Waals surface area contributed by atoms with Crippen LogP contribution in [0.2, 0.25) is 0 Å². The van der Waals surface area contributed by atoms with E-state index in [-0.39, 0.29) is 17.9 Å².